The fourth-order valence-corrected chi connectivity index (χ4v) is 3.26. The lowest BCUT2D eigenvalue weighted by molar-refractivity contribution is 0.289. The molecule has 0 bridgehead atoms. The molecule has 1 N–H and O–H groups in total. The monoisotopic (exact) mass is 244 g/mol. The van der Waals surface area contributed by atoms with Gasteiger partial charge in [0.1, 0.15) is 0 Å². The van der Waals surface area contributed by atoms with Gasteiger partial charge in [-0.25, -0.2) is 0 Å². The van der Waals surface area contributed by atoms with Gasteiger partial charge in [-0.15, -0.1) is 0 Å². The number of hydrogen-bond donors (Lipinski definition) is 1. The quantitative estimate of drug-likeness (QED) is 0.879. The largest absolute Gasteiger partial charge is 0.384 e. The van der Waals surface area contributed by atoms with Crippen LogP contribution < -0.4 is 5.32 Å². The lowest BCUT2D eigenvalue weighted by Crippen LogP contribution is -2.27. The molecule has 2 aliphatic heterocycles. The van der Waals surface area contributed by atoms with E-state index in [1.165, 1.54) is 75.0 Å². The molecular formula is C16H24N2. The van der Waals surface area contributed by atoms with E-state index in [2.05, 4.69) is 28.4 Å². The van der Waals surface area contributed by atoms with Crippen LogP contribution in [0, 0.1) is 0 Å². The third-order valence-electron chi connectivity index (χ3n) is 4.33. The Morgan fingerprint density at radius 2 is 1.89 bits per heavy atom. The van der Waals surface area contributed by atoms with Gasteiger partial charge in [-0.3, -0.25) is 0 Å². The van der Waals surface area contributed by atoms with Gasteiger partial charge < -0.3 is 10.2 Å². The van der Waals surface area contributed by atoms with Gasteiger partial charge in [0, 0.05) is 18.8 Å². The minimum absolute atomic E-state index is 1.12. The van der Waals surface area contributed by atoms with Crippen molar-refractivity contribution in [2.24, 2.45) is 0 Å². The number of hydrogen-bond acceptors (Lipinski definition) is 2. The van der Waals surface area contributed by atoms with E-state index in [0.717, 1.165) is 6.54 Å². The maximum absolute atomic E-state index is 3.55. The summed E-state index contributed by atoms with van der Waals surface area (Å²) in [5.41, 5.74) is 4.48. The van der Waals surface area contributed by atoms with Crippen molar-refractivity contribution in [3.05, 3.63) is 29.3 Å². The molecule has 98 valence electrons. The normalized spacial score (nSPS) is 20.2. The maximum Gasteiger partial charge on any atom is 0.0406 e. The van der Waals surface area contributed by atoms with Crippen LogP contribution in [0.1, 0.15) is 36.8 Å². The molecule has 0 aliphatic carbocycles. The van der Waals surface area contributed by atoms with Crippen LogP contribution in [0.2, 0.25) is 0 Å². The van der Waals surface area contributed by atoms with Crippen molar-refractivity contribution in [2.75, 3.05) is 31.5 Å². The van der Waals surface area contributed by atoms with Gasteiger partial charge in [-0.2, -0.15) is 0 Å². The summed E-state index contributed by atoms with van der Waals surface area (Å²) < 4.78 is 0. The number of rotatable bonds is 3. The maximum atomic E-state index is 3.55. The Balaban J connectivity index is 1.61. The highest BCUT2D eigenvalue weighted by atomic mass is 15.1. The lowest BCUT2D eigenvalue weighted by Gasteiger charge is -2.20. The van der Waals surface area contributed by atoms with E-state index in [4.69, 9.17) is 0 Å². The standard InChI is InChI=1S/C16H24N2/c1-2-4-12-18(11-3-1)13-9-15-7-5-6-14-8-10-17-16(14)15/h5-7,17H,1-4,8-13H2. The zero-order valence-electron chi connectivity index (χ0n) is 11.3. The van der Waals surface area contributed by atoms with Crippen LogP contribution in [0.5, 0.6) is 0 Å². The molecule has 18 heavy (non-hydrogen) atoms. The van der Waals surface area contributed by atoms with Gasteiger partial charge in [0.2, 0.25) is 0 Å². The van der Waals surface area contributed by atoms with E-state index in [1.54, 1.807) is 0 Å². The van der Waals surface area contributed by atoms with E-state index >= 15 is 0 Å². The van der Waals surface area contributed by atoms with Crippen LogP contribution in [0.3, 0.4) is 0 Å². The van der Waals surface area contributed by atoms with Crippen molar-refractivity contribution >= 4 is 5.69 Å². The van der Waals surface area contributed by atoms with Crippen molar-refractivity contribution in [3.8, 4) is 0 Å². The van der Waals surface area contributed by atoms with Crippen molar-refractivity contribution in [1.29, 1.82) is 0 Å². The van der Waals surface area contributed by atoms with Crippen LogP contribution in [0.4, 0.5) is 5.69 Å². The first-order valence-electron chi connectivity index (χ1n) is 7.50. The molecule has 1 aromatic carbocycles. The summed E-state index contributed by atoms with van der Waals surface area (Å²) in [7, 11) is 0. The molecule has 2 heteroatoms. The molecule has 0 aromatic heterocycles. The number of benzene rings is 1. The molecule has 1 fully saturated rings. The zero-order chi connectivity index (χ0) is 12.2. The molecule has 0 saturated carbocycles. The Labute approximate surface area is 110 Å². The number of nitrogens with zero attached hydrogens (tertiary/aromatic N) is 1. The van der Waals surface area contributed by atoms with Gasteiger partial charge in [-0.1, -0.05) is 31.0 Å². The molecule has 0 atom stereocenters. The second-order valence-electron chi connectivity index (χ2n) is 5.63. The van der Waals surface area contributed by atoms with E-state index in [9.17, 15) is 0 Å². The summed E-state index contributed by atoms with van der Waals surface area (Å²) in [6.45, 7) is 4.97. The second-order valence-corrected chi connectivity index (χ2v) is 5.63. The Kier molecular flexibility index (Phi) is 3.84. The summed E-state index contributed by atoms with van der Waals surface area (Å²) in [6, 6.07) is 6.79. The fourth-order valence-electron chi connectivity index (χ4n) is 3.26. The van der Waals surface area contributed by atoms with Crippen LogP contribution in [-0.2, 0) is 12.8 Å². The van der Waals surface area contributed by atoms with Crippen molar-refractivity contribution in [2.45, 2.75) is 38.5 Å². The molecule has 2 nitrogen and oxygen atoms in total. The van der Waals surface area contributed by atoms with Crippen LogP contribution >= 0.6 is 0 Å². The third kappa shape index (κ3) is 2.69. The molecule has 0 amide bonds. The van der Waals surface area contributed by atoms with Gasteiger partial charge >= 0.3 is 0 Å². The first kappa shape index (κ1) is 12.0. The van der Waals surface area contributed by atoms with E-state index in [1.807, 2.05) is 0 Å². The highest BCUT2D eigenvalue weighted by Crippen LogP contribution is 2.26. The van der Waals surface area contributed by atoms with E-state index in [-0.39, 0.29) is 0 Å². The highest BCUT2D eigenvalue weighted by molar-refractivity contribution is 5.61. The molecular weight excluding hydrogens is 220 g/mol. The summed E-state index contributed by atoms with van der Waals surface area (Å²) in [5.74, 6) is 0. The first-order chi connectivity index (χ1) is 8.93. The van der Waals surface area contributed by atoms with Gasteiger partial charge in [0.15, 0.2) is 0 Å². The van der Waals surface area contributed by atoms with Crippen LogP contribution in [0.25, 0.3) is 0 Å². The Bertz CT molecular complexity index is 392. The van der Waals surface area contributed by atoms with Gasteiger partial charge in [0.05, 0.1) is 0 Å². The molecule has 0 radical (unpaired) electrons. The van der Waals surface area contributed by atoms with E-state index in [0.29, 0.717) is 0 Å². The Hall–Kier alpha value is -1.02. The first-order valence-corrected chi connectivity index (χ1v) is 7.50. The summed E-state index contributed by atoms with van der Waals surface area (Å²) in [6.07, 6.45) is 8.05. The average molecular weight is 244 g/mol. The van der Waals surface area contributed by atoms with Crippen LogP contribution in [-0.4, -0.2) is 31.1 Å². The second kappa shape index (κ2) is 5.75. The van der Waals surface area contributed by atoms with Crippen LogP contribution in [0.15, 0.2) is 18.2 Å². The average Bonchev–Trinajstić information content (AvgIpc) is 2.73. The zero-order valence-corrected chi connectivity index (χ0v) is 11.3. The van der Waals surface area contributed by atoms with Gasteiger partial charge in [-0.05, 0) is 49.9 Å². The molecule has 0 unspecified atom stereocenters. The predicted molar refractivity (Wildman–Crippen MR) is 77.2 cm³/mol. The number of anilines is 1. The molecule has 2 aliphatic rings. The third-order valence-corrected chi connectivity index (χ3v) is 4.33. The fraction of sp³-hybridized carbons (Fsp3) is 0.625. The minimum atomic E-state index is 1.12. The minimum Gasteiger partial charge on any atom is -0.384 e. The lowest BCUT2D eigenvalue weighted by atomic mass is 10.0. The molecule has 2 heterocycles. The van der Waals surface area contributed by atoms with Gasteiger partial charge in [0.25, 0.3) is 0 Å². The van der Waals surface area contributed by atoms with Crippen molar-refractivity contribution in [1.82, 2.24) is 4.90 Å². The molecule has 1 aromatic rings. The number of fused-ring (bicyclic) bond motifs is 1. The summed E-state index contributed by atoms with van der Waals surface area (Å²) in [5, 5.41) is 3.55. The topological polar surface area (TPSA) is 15.3 Å². The summed E-state index contributed by atoms with van der Waals surface area (Å²) >= 11 is 0. The van der Waals surface area contributed by atoms with Crippen molar-refractivity contribution in [3.63, 3.8) is 0 Å². The van der Waals surface area contributed by atoms with E-state index < -0.39 is 0 Å². The highest BCUT2D eigenvalue weighted by Gasteiger charge is 2.14. The number of likely N-dealkylation sites (tertiary alicyclic amines) is 1. The molecule has 1 saturated heterocycles. The smallest absolute Gasteiger partial charge is 0.0406 e. The van der Waals surface area contributed by atoms with Crippen molar-refractivity contribution < 1.29 is 0 Å². The predicted octanol–water partition coefficient (Wildman–Crippen LogP) is 3.07. The number of para-hydroxylation sites is 1. The molecule has 0 spiro atoms. The number of nitrogens with one attached hydrogen (secondary N) is 1. The summed E-state index contributed by atoms with van der Waals surface area (Å²) in [4.78, 5) is 2.65. The Morgan fingerprint density at radius 3 is 2.72 bits per heavy atom. The SMILES string of the molecule is c1cc2c(c(CCN3CCCCCC3)c1)NCC2. The Morgan fingerprint density at radius 1 is 1.06 bits per heavy atom. The molecule has 3 rings (SSSR count).